The summed E-state index contributed by atoms with van der Waals surface area (Å²) in [6.07, 6.45) is 0. The first-order valence-corrected chi connectivity index (χ1v) is 13.0. The van der Waals surface area contributed by atoms with Crippen LogP contribution < -0.4 is 0 Å². The summed E-state index contributed by atoms with van der Waals surface area (Å²) in [4.78, 5) is 0. The molecule has 0 heterocycles. The number of hydrogen-bond donors (Lipinski definition) is 4. The zero-order valence-corrected chi connectivity index (χ0v) is 23.6. The Kier molecular flexibility index (Phi) is 8.40. The minimum atomic E-state index is -0.183. The van der Waals surface area contributed by atoms with E-state index in [1.165, 1.54) is 0 Å². The third kappa shape index (κ3) is 5.47. The van der Waals surface area contributed by atoms with E-state index in [-0.39, 0.29) is 42.3 Å². The lowest BCUT2D eigenvalue weighted by molar-refractivity contribution is 0.464. The maximum absolute atomic E-state index is 10.6. The summed E-state index contributed by atoms with van der Waals surface area (Å²) in [5.41, 5.74) is 10.5. The normalized spacial score (nSPS) is 11.2. The number of phenols is 4. The van der Waals surface area contributed by atoms with E-state index in [9.17, 15) is 20.4 Å². The molecule has 0 spiro atoms. The van der Waals surface area contributed by atoms with Crippen molar-refractivity contribution in [3.8, 4) is 23.0 Å². The SMILES string of the molecule is C.Cc1cc(C(c2cc(C)c(O)c(C)c2)C(c2cc(C)c(O)c(C)c2)c2cc(C)c(O)c(C)c2)cc(C)c1O. The molecule has 0 aliphatic rings. The average molecular weight is 527 g/mol. The molecule has 0 aliphatic carbocycles. The first kappa shape index (κ1) is 29.6. The largest absolute Gasteiger partial charge is 0.507 e. The van der Waals surface area contributed by atoms with Gasteiger partial charge in [0.1, 0.15) is 23.0 Å². The summed E-state index contributed by atoms with van der Waals surface area (Å²) in [6.45, 7) is 15.3. The predicted octanol–water partition coefficient (Wildman–Crippen LogP) is 8.58. The van der Waals surface area contributed by atoms with E-state index in [4.69, 9.17) is 0 Å². The fourth-order valence-corrected chi connectivity index (χ4v) is 5.83. The van der Waals surface area contributed by atoms with Gasteiger partial charge in [0.15, 0.2) is 0 Å². The minimum absolute atomic E-state index is 0. The number of rotatable bonds is 5. The number of benzene rings is 4. The average Bonchev–Trinajstić information content (AvgIpc) is 2.85. The van der Waals surface area contributed by atoms with E-state index >= 15 is 0 Å². The Balaban J connectivity index is 0.00000420. The summed E-state index contributed by atoms with van der Waals surface area (Å²) >= 11 is 0. The molecule has 0 aliphatic heterocycles. The summed E-state index contributed by atoms with van der Waals surface area (Å²) in [7, 11) is 0. The molecule has 0 fully saturated rings. The summed E-state index contributed by atoms with van der Waals surface area (Å²) in [5, 5.41) is 42.4. The van der Waals surface area contributed by atoms with Crippen molar-refractivity contribution >= 4 is 0 Å². The standard InChI is InChI=1S/C34H38O4.CH4/c1-17-9-25(10-18(2)31(17)35)29(26-11-19(3)32(36)20(4)12-26)30(27-13-21(5)33(37)22(6)14-27)28-15-23(7)34(38)24(8)16-28;/h9-16,29-30,35-38H,1-8H3;1H4. The summed E-state index contributed by atoms with van der Waals surface area (Å²) < 4.78 is 0. The molecule has 0 atom stereocenters. The van der Waals surface area contributed by atoms with Gasteiger partial charge in [-0.3, -0.25) is 0 Å². The van der Waals surface area contributed by atoms with Crippen molar-refractivity contribution in [1.82, 2.24) is 0 Å². The third-order valence-corrected chi connectivity index (χ3v) is 7.82. The van der Waals surface area contributed by atoms with Crippen LogP contribution in [0.1, 0.15) is 86.0 Å². The number of phenolic OH excluding ortho intramolecular Hbond substituents is 4. The van der Waals surface area contributed by atoms with Gasteiger partial charge in [-0.15, -0.1) is 0 Å². The molecule has 206 valence electrons. The predicted molar refractivity (Wildman–Crippen MR) is 161 cm³/mol. The first-order chi connectivity index (χ1) is 17.8. The molecule has 0 amide bonds. The van der Waals surface area contributed by atoms with Gasteiger partial charge in [0.25, 0.3) is 0 Å². The second kappa shape index (κ2) is 11.1. The number of aryl methyl sites for hydroxylation is 8. The van der Waals surface area contributed by atoms with Gasteiger partial charge in [0.05, 0.1) is 0 Å². The van der Waals surface area contributed by atoms with Crippen LogP contribution in [0.15, 0.2) is 48.5 Å². The Labute approximate surface area is 233 Å². The molecular formula is C35H42O4. The highest BCUT2D eigenvalue weighted by Crippen LogP contribution is 2.47. The topological polar surface area (TPSA) is 80.9 Å². The number of aromatic hydroxyl groups is 4. The van der Waals surface area contributed by atoms with Crippen molar-refractivity contribution in [1.29, 1.82) is 0 Å². The Morgan fingerprint density at radius 3 is 0.590 bits per heavy atom. The fourth-order valence-electron chi connectivity index (χ4n) is 5.83. The molecule has 0 bridgehead atoms. The molecule has 4 aromatic rings. The minimum Gasteiger partial charge on any atom is -0.507 e. The third-order valence-electron chi connectivity index (χ3n) is 7.82. The highest BCUT2D eigenvalue weighted by atomic mass is 16.3. The van der Waals surface area contributed by atoms with Crippen LogP contribution >= 0.6 is 0 Å². The van der Waals surface area contributed by atoms with Gasteiger partial charge < -0.3 is 20.4 Å². The zero-order valence-electron chi connectivity index (χ0n) is 23.6. The maximum Gasteiger partial charge on any atom is 0.121 e. The molecule has 0 saturated heterocycles. The second-order valence-electron chi connectivity index (χ2n) is 11.0. The molecule has 0 unspecified atom stereocenters. The fraction of sp³-hybridized carbons (Fsp3) is 0.314. The van der Waals surface area contributed by atoms with Crippen molar-refractivity contribution in [2.24, 2.45) is 0 Å². The van der Waals surface area contributed by atoms with Crippen molar-refractivity contribution in [2.45, 2.75) is 74.7 Å². The molecular weight excluding hydrogens is 484 g/mol. The van der Waals surface area contributed by atoms with E-state index in [2.05, 4.69) is 0 Å². The molecule has 4 rings (SSSR count). The Hall–Kier alpha value is -3.92. The lowest BCUT2D eigenvalue weighted by Crippen LogP contribution is -2.16. The van der Waals surface area contributed by atoms with Crippen LogP contribution in [0.3, 0.4) is 0 Å². The van der Waals surface area contributed by atoms with Crippen LogP contribution in [0.2, 0.25) is 0 Å². The van der Waals surface area contributed by atoms with Crippen LogP contribution in [0.25, 0.3) is 0 Å². The molecule has 0 radical (unpaired) electrons. The lowest BCUT2D eigenvalue weighted by Gasteiger charge is -2.32. The number of hydrogen-bond acceptors (Lipinski definition) is 4. The molecule has 4 aromatic carbocycles. The molecule has 4 N–H and O–H groups in total. The van der Waals surface area contributed by atoms with E-state index < -0.39 is 0 Å². The second-order valence-corrected chi connectivity index (χ2v) is 11.0. The van der Waals surface area contributed by atoms with E-state index in [1.54, 1.807) is 0 Å². The Bertz CT molecular complexity index is 1220. The van der Waals surface area contributed by atoms with Gasteiger partial charge in [0.2, 0.25) is 0 Å². The van der Waals surface area contributed by atoms with Crippen LogP contribution in [0, 0.1) is 55.4 Å². The molecule has 39 heavy (non-hydrogen) atoms. The molecule has 4 heteroatoms. The van der Waals surface area contributed by atoms with Gasteiger partial charge in [-0.05, 0) is 122 Å². The van der Waals surface area contributed by atoms with Gasteiger partial charge in [-0.1, -0.05) is 56.0 Å². The summed E-state index contributed by atoms with van der Waals surface area (Å²) in [6, 6.07) is 16.3. The lowest BCUT2D eigenvalue weighted by atomic mass is 9.71. The zero-order chi connectivity index (χ0) is 28.0. The van der Waals surface area contributed by atoms with Crippen LogP contribution in [-0.2, 0) is 0 Å². The Morgan fingerprint density at radius 1 is 0.333 bits per heavy atom. The van der Waals surface area contributed by atoms with Gasteiger partial charge >= 0.3 is 0 Å². The van der Waals surface area contributed by atoms with Crippen molar-refractivity contribution in [3.05, 3.63) is 115 Å². The highest BCUT2D eigenvalue weighted by Gasteiger charge is 2.31. The molecule has 0 saturated carbocycles. The Morgan fingerprint density at radius 2 is 0.462 bits per heavy atom. The van der Waals surface area contributed by atoms with Crippen molar-refractivity contribution in [2.75, 3.05) is 0 Å². The monoisotopic (exact) mass is 526 g/mol. The molecule has 4 nitrogen and oxygen atoms in total. The van der Waals surface area contributed by atoms with Crippen molar-refractivity contribution < 1.29 is 20.4 Å². The van der Waals surface area contributed by atoms with E-state index in [0.29, 0.717) is 0 Å². The smallest absolute Gasteiger partial charge is 0.121 e. The van der Waals surface area contributed by atoms with Crippen molar-refractivity contribution in [3.63, 3.8) is 0 Å². The van der Waals surface area contributed by atoms with E-state index in [0.717, 1.165) is 66.8 Å². The van der Waals surface area contributed by atoms with Crippen LogP contribution in [-0.4, -0.2) is 20.4 Å². The van der Waals surface area contributed by atoms with Gasteiger partial charge in [0, 0.05) is 11.8 Å². The maximum atomic E-state index is 10.6. The van der Waals surface area contributed by atoms with Crippen LogP contribution in [0.4, 0.5) is 0 Å². The van der Waals surface area contributed by atoms with Gasteiger partial charge in [-0.2, -0.15) is 0 Å². The molecule has 0 aromatic heterocycles. The van der Waals surface area contributed by atoms with Crippen LogP contribution in [0.5, 0.6) is 23.0 Å². The first-order valence-electron chi connectivity index (χ1n) is 13.0. The van der Waals surface area contributed by atoms with Gasteiger partial charge in [-0.25, -0.2) is 0 Å². The quantitative estimate of drug-likeness (QED) is 0.210. The highest BCUT2D eigenvalue weighted by molar-refractivity contribution is 5.56. The van der Waals surface area contributed by atoms with E-state index in [1.807, 2.05) is 104 Å². The summed E-state index contributed by atoms with van der Waals surface area (Å²) in [5.74, 6) is 0.782.